The van der Waals surface area contributed by atoms with Gasteiger partial charge in [-0.1, -0.05) is 12.2 Å². The van der Waals surface area contributed by atoms with E-state index in [1.165, 1.54) is 32.4 Å². The van der Waals surface area contributed by atoms with Gasteiger partial charge in [-0.25, -0.2) is 4.39 Å². The molecule has 24 heavy (non-hydrogen) atoms. The number of methoxy groups -OCH3 is 2. The van der Waals surface area contributed by atoms with E-state index in [2.05, 4.69) is 0 Å². The summed E-state index contributed by atoms with van der Waals surface area (Å²) in [6.07, 6.45) is 3.11. The number of aliphatic hydroxyl groups excluding tert-OH is 2. The van der Waals surface area contributed by atoms with Crippen LogP contribution in [-0.4, -0.2) is 29.5 Å². The standard InChI is InChI=1S/C18H19FO5/c1-23-15-6-5-12(17(19)18(15)22)4-3-11-7-13(9-20)14(10-21)16(8-11)24-2/h3-8,20-22H,9-10H2,1-2H3/b4-3-. The molecule has 0 aromatic heterocycles. The fraction of sp³-hybridized carbons (Fsp3) is 0.222. The molecular formula is C18H19FO5. The van der Waals surface area contributed by atoms with E-state index < -0.39 is 11.6 Å². The van der Waals surface area contributed by atoms with Crippen LogP contribution >= 0.6 is 0 Å². The van der Waals surface area contributed by atoms with Gasteiger partial charge in [-0.3, -0.25) is 0 Å². The normalized spacial score (nSPS) is 11.0. The summed E-state index contributed by atoms with van der Waals surface area (Å²) in [5, 5.41) is 28.5. The molecule has 128 valence electrons. The summed E-state index contributed by atoms with van der Waals surface area (Å²) in [6.45, 7) is -0.518. The molecule has 0 heterocycles. The largest absolute Gasteiger partial charge is 0.502 e. The third-order valence-electron chi connectivity index (χ3n) is 3.66. The van der Waals surface area contributed by atoms with Gasteiger partial charge in [0.25, 0.3) is 0 Å². The maximum atomic E-state index is 14.1. The van der Waals surface area contributed by atoms with Crippen LogP contribution in [0.4, 0.5) is 4.39 Å². The molecule has 0 aliphatic carbocycles. The molecule has 3 N–H and O–H groups in total. The van der Waals surface area contributed by atoms with Crippen molar-refractivity contribution >= 4 is 12.2 Å². The molecule has 6 heteroatoms. The van der Waals surface area contributed by atoms with Crippen molar-refractivity contribution in [3.63, 3.8) is 0 Å². The van der Waals surface area contributed by atoms with E-state index in [-0.39, 0.29) is 24.5 Å². The van der Waals surface area contributed by atoms with E-state index in [4.69, 9.17) is 9.47 Å². The quantitative estimate of drug-likeness (QED) is 0.708. The minimum Gasteiger partial charge on any atom is -0.502 e. The van der Waals surface area contributed by atoms with Gasteiger partial charge in [0, 0.05) is 11.1 Å². The van der Waals surface area contributed by atoms with E-state index in [9.17, 15) is 19.7 Å². The molecule has 0 atom stereocenters. The number of phenols is 1. The molecule has 0 fully saturated rings. The van der Waals surface area contributed by atoms with Crippen molar-refractivity contribution in [2.24, 2.45) is 0 Å². The van der Waals surface area contributed by atoms with Gasteiger partial charge in [-0.05, 0) is 35.4 Å². The molecule has 0 unspecified atom stereocenters. The fourth-order valence-corrected chi connectivity index (χ4v) is 2.37. The lowest BCUT2D eigenvalue weighted by molar-refractivity contribution is 0.254. The van der Waals surface area contributed by atoms with Crippen molar-refractivity contribution in [1.82, 2.24) is 0 Å². The molecule has 0 saturated heterocycles. The van der Waals surface area contributed by atoms with Gasteiger partial charge < -0.3 is 24.8 Å². The van der Waals surface area contributed by atoms with Crippen molar-refractivity contribution in [3.05, 3.63) is 52.3 Å². The maximum absolute atomic E-state index is 14.1. The lowest BCUT2D eigenvalue weighted by atomic mass is 10.0. The molecule has 0 amide bonds. The van der Waals surface area contributed by atoms with E-state index >= 15 is 0 Å². The molecule has 0 bridgehead atoms. The Bertz CT molecular complexity index is 730. The van der Waals surface area contributed by atoms with Crippen LogP contribution in [0.5, 0.6) is 17.2 Å². The monoisotopic (exact) mass is 334 g/mol. The second kappa shape index (κ2) is 7.81. The number of ether oxygens (including phenoxy) is 2. The third kappa shape index (κ3) is 3.50. The molecule has 5 nitrogen and oxygen atoms in total. The van der Waals surface area contributed by atoms with Crippen LogP contribution in [0, 0.1) is 5.82 Å². The minimum atomic E-state index is -0.785. The van der Waals surface area contributed by atoms with Gasteiger partial charge in [-0.15, -0.1) is 0 Å². The fourth-order valence-electron chi connectivity index (χ4n) is 2.37. The Labute approximate surface area is 139 Å². The first-order chi connectivity index (χ1) is 11.5. The molecule has 0 spiro atoms. The zero-order chi connectivity index (χ0) is 17.7. The maximum Gasteiger partial charge on any atom is 0.194 e. The Hall–Kier alpha value is -2.57. The Morgan fingerprint density at radius 1 is 1.00 bits per heavy atom. The predicted molar refractivity (Wildman–Crippen MR) is 88.4 cm³/mol. The second-order valence-electron chi connectivity index (χ2n) is 5.03. The van der Waals surface area contributed by atoms with E-state index in [1.807, 2.05) is 0 Å². The van der Waals surface area contributed by atoms with E-state index in [0.717, 1.165) is 0 Å². The smallest absolute Gasteiger partial charge is 0.194 e. The van der Waals surface area contributed by atoms with Crippen molar-refractivity contribution in [2.75, 3.05) is 14.2 Å². The van der Waals surface area contributed by atoms with Crippen molar-refractivity contribution in [3.8, 4) is 17.2 Å². The lowest BCUT2D eigenvalue weighted by Crippen LogP contribution is -1.99. The van der Waals surface area contributed by atoms with E-state index in [0.29, 0.717) is 22.4 Å². The molecular weight excluding hydrogens is 315 g/mol. The summed E-state index contributed by atoms with van der Waals surface area (Å²) >= 11 is 0. The topological polar surface area (TPSA) is 79.2 Å². The highest BCUT2D eigenvalue weighted by molar-refractivity contribution is 5.72. The van der Waals surface area contributed by atoms with Crippen molar-refractivity contribution < 1.29 is 29.2 Å². The first kappa shape index (κ1) is 17.8. The number of aromatic hydroxyl groups is 1. The first-order valence-corrected chi connectivity index (χ1v) is 7.20. The minimum absolute atomic E-state index is 0.0567. The average molecular weight is 334 g/mol. The number of rotatable bonds is 6. The van der Waals surface area contributed by atoms with Crippen molar-refractivity contribution in [2.45, 2.75) is 13.2 Å². The van der Waals surface area contributed by atoms with Gasteiger partial charge >= 0.3 is 0 Å². The Kier molecular flexibility index (Phi) is 5.78. The summed E-state index contributed by atoms with van der Waals surface area (Å²) in [5.41, 5.74) is 1.87. The number of hydrogen-bond acceptors (Lipinski definition) is 5. The van der Waals surface area contributed by atoms with Crippen molar-refractivity contribution in [1.29, 1.82) is 0 Å². The van der Waals surface area contributed by atoms with Crippen LogP contribution in [0.15, 0.2) is 24.3 Å². The first-order valence-electron chi connectivity index (χ1n) is 7.20. The molecule has 2 rings (SSSR count). The number of phenolic OH excluding ortho intramolecular Hbond substituents is 1. The molecule has 2 aromatic carbocycles. The van der Waals surface area contributed by atoms with Crippen LogP contribution in [0.1, 0.15) is 22.3 Å². The predicted octanol–water partition coefficient (Wildman–Crippen LogP) is 2.70. The van der Waals surface area contributed by atoms with Gasteiger partial charge in [0.2, 0.25) is 0 Å². The third-order valence-corrected chi connectivity index (χ3v) is 3.66. The number of hydrogen-bond donors (Lipinski definition) is 3. The van der Waals surface area contributed by atoms with Gasteiger partial charge in [0.05, 0.1) is 27.4 Å². The second-order valence-corrected chi connectivity index (χ2v) is 5.03. The van der Waals surface area contributed by atoms with Crippen LogP contribution in [0.3, 0.4) is 0 Å². The van der Waals surface area contributed by atoms with Crippen LogP contribution in [0.25, 0.3) is 12.2 Å². The SMILES string of the molecule is COc1ccc(/C=C\c2cc(CO)c(CO)c(OC)c2)c(F)c1O. The molecule has 2 aromatic rings. The Morgan fingerprint density at radius 3 is 2.29 bits per heavy atom. The molecule has 0 saturated carbocycles. The zero-order valence-electron chi connectivity index (χ0n) is 13.4. The summed E-state index contributed by atoms with van der Waals surface area (Å²) in [6, 6.07) is 6.29. The summed E-state index contributed by atoms with van der Waals surface area (Å²) in [5.74, 6) is -0.848. The average Bonchev–Trinajstić information content (AvgIpc) is 2.61. The number of halogens is 1. The highest BCUT2D eigenvalue weighted by atomic mass is 19.1. The van der Waals surface area contributed by atoms with Crippen LogP contribution < -0.4 is 9.47 Å². The zero-order valence-corrected chi connectivity index (χ0v) is 13.4. The van der Waals surface area contributed by atoms with Gasteiger partial charge in [0.1, 0.15) is 5.75 Å². The van der Waals surface area contributed by atoms with Gasteiger partial charge in [-0.2, -0.15) is 0 Å². The number of aliphatic hydroxyl groups is 2. The lowest BCUT2D eigenvalue weighted by Gasteiger charge is -2.12. The Morgan fingerprint density at radius 2 is 1.71 bits per heavy atom. The summed E-state index contributed by atoms with van der Waals surface area (Å²) in [7, 11) is 2.81. The Balaban J connectivity index is 2.41. The van der Waals surface area contributed by atoms with E-state index in [1.54, 1.807) is 18.2 Å². The molecule has 0 aliphatic rings. The van der Waals surface area contributed by atoms with Crippen LogP contribution in [-0.2, 0) is 13.2 Å². The highest BCUT2D eigenvalue weighted by Crippen LogP contribution is 2.32. The summed E-state index contributed by atoms with van der Waals surface area (Å²) < 4.78 is 24.1. The summed E-state index contributed by atoms with van der Waals surface area (Å²) in [4.78, 5) is 0. The highest BCUT2D eigenvalue weighted by Gasteiger charge is 2.12. The molecule has 0 aliphatic heterocycles. The number of benzene rings is 2. The van der Waals surface area contributed by atoms with Gasteiger partial charge in [0.15, 0.2) is 17.3 Å². The van der Waals surface area contributed by atoms with Crippen LogP contribution in [0.2, 0.25) is 0 Å². The molecule has 0 radical (unpaired) electrons.